The van der Waals surface area contributed by atoms with Crippen molar-refractivity contribution in [2.24, 2.45) is 0 Å². The van der Waals surface area contributed by atoms with Crippen LogP contribution in [0.25, 0.3) is 6.08 Å². The number of furan rings is 1. The van der Waals surface area contributed by atoms with E-state index in [0.717, 1.165) is 31.4 Å². The molecular weight excluding hydrogens is 364 g/mol. The summed E-state index contributed by atoms with van der Waals surface area (Å²) in [5.74, 6) is 0.863. The molecule has 0 bridgehead atoms. The van der Waals surface area contributed by atoms with Gasteiger partial charge in [-0.1, -0.05) is 30.9 Å². The highest BCUT2D eigenvalue weighted by Crippen LogP contribution is 2.23. The summed E-state index contributed by atoms with van der Waals surface area (Å²) in [4.78, 5) is 24.7. The molecule has 0 radical (unpaired) electrons. The normalized spacial score (nSPS) is 15.0. The number of rotatable bonds is 5. The Morgan fingerprint density at radius 3 is 2.63 bits per heavy atom. The fourth-order valence-electron chi connectivity index (χ4n) is 3.17. The van der Waals surface area contributed by atoms with Crippen LogP contribution in [-0.4, -0.2) is 17.9 Å². The van der Waals surface area contributed by atoms with Gasteiger partial charge >= 0.3 is 0 Å². The van der Waals surface area contributed by atoms with Gasteiger partial charge in [0.1, 0.15) is 11.5 Å². The van der Waals surface area contributed by atoms with Crippen molar-refractivity contribution < 1.29 is 14.0 Å². The first-order valence-corrected chi connectivity index (χ1v) is 9.55. The van der Waals surface area contributed by atoms with Gasteiger partial charge in [-0.25, -0.2) is 0 Å². The molecule has 6 heteroatoms. The van der Waals surface area contributed by atoms with Crippen molar-refractivity contribution in [2.75, 3.05) is 5.32 Å². The Morgan fingerprint density at radius 1 is 1.15 bits per heavy atom. The van der Waals surface area contributed by atoms with Gasteiger partial charge in [0.05, 0.1) is 10.6 Å². The fourth-order valence-corrected chi connectivity index (χ4v) is 3.38. The van der Waals surface area contributed by atoms with Gasteiger partial charge in [0.2, 0.25) is 5.91 Å². The zero-order chi connectivity index (χ0) is 19.2. The van der Waals surface area contributed by atoms with E-state index in [1.165, 1.54) is 12.5 Å². The Kier molecular flexibility index (Phi) is 6.35. The predicted molar refractivity (Wildman–Crippen MR) is 107 cm³/mol. The lowest BCUT2D eigenvalue weighted by Gasteiger charge is -2.23. The molecule has 2 aromatic rings. The summed E-state index contributed by atoms with van der Waals surface area (Å²) in [5, 5.41) is 6.15. The molecule has 1 aromatic heterocycles. The van der Waals surface area contributed by atoms with E-state index in [-0.39, 0.29) is 17.9 Å². The third kappa shape index (κ3) is 5.47. The second-order valence-electron chi connectivity index (χ2n) is 6.77. The molecule has 0 aliphatic heterocycles. The SMILES string of the molecule is Cc1ccc(/C=C/C(=O)Nc2ccc(Cl)c(C(=O)NC3CCCCC3)c2)o1. The first kappa shape index (κ1) is 19.2. The lowest BCUT2D eigenvalue weighted by atomic mass is 9.95. The van der Waals surface area contributed by atoms with E-state index in [1.54, 1.807) is 30.3 Å². The van der Waals surface area contributed by atoms with Crippen molar-refractivity contribution in [3.05, 3.63) is 58.5 Å². The summed E-state index contributed by atoms with van der Waals surface area (Å²) in [7, 11) is 0. The maximum Gasteiger partial charge on any atom is 0.253 e. The third-order valence-electron chi connectivity index (χ3n) is 4.58. The molecule has 3 rings (SSSR count). The maximum atomic E-state index is 12.6. The van der Waals surface area contributed by atoms with E-state index in [2.05, 4.69) is 10.6 Å². The van der Waals surface area contributed by atoms with Crippen molar-refractivity contribution in [3.8, 4) is 0 Å². The van der Waals surface area contributed by atoms with Crippen LogP contribution in [0.5, 0.6) is 0 Å². The monoisotopic (exact) mass is 386 g/mol. The zero-order valence-corrected chi connectivity index (χ0v) is 16.0. The number of carbonyl (C=O) groups is 2. The largest absolute Gasteiger partial charge is 0.462 e. The van der Waals surface area contributed by atoms with Crippen LogP contribution in [0, 0.1) is 6.92 Å². The van der Waals surface area contributed by atoms with Gasteiger partial charge in [0.15, 0.2) is 0 Å². The highest BCUT2D eigenvalue weighted by molar-refractivity contribution is 6.34. The summed E-state index contributed by atoms with van der Waals surface area (Å²) < 4.78 is 5.39. The van der Waals surface area contributed by atoms with E-state index >= 15 is 0 Å². The fraction of sp³-hybridized carbons (Fsp3) is 0.333. The topological polar surface area (TPSA) is 71.3 Å². The van der Waals surface area contributed by atoms with Crippen LogP contribution in [0.15, 0.2) is 40.8 Å². The second kappa shape index (κ2) is 8.91. The number of amides is 2. The minimum atomic E-state index is -0.315. The minimum Gasteiger partial charge on any atom is -0.462 e. The number of halogens is 1. The van der Waals surface area contributed by atoms with Crippen LogP contribution in [0.4, 0.5) is 5.69 Å². The van der Waals surface area contributed by atoms with E-state index in [9.17, 15) is 9.59 Å². The molecule has 1 aliphatic carbocycles. The first-order chi connectivity index (χ1) is 13.0. The molecule has 5 nitrogen and oxygen atoms in total. The maximum absolute atomic E-state index is 12.6. The van der Waals surface area contributed by atoms with Gasteiger partial charge in [-0.05, 0) is 56.2 Å². The summed E-state index contributed by atoms with van der Waals surface area (Å²) >= 11 is 6.19. The first-order valence-electron chi connectivity index (χ1n) is 9.17. The number of anilines is 1. The molecule has 1 saturated carbocycles. The van der Waals surface area contributed by atoms with Crippen LogP contribution in [0.3, 0.4) is 0 Å². The highest BCUT2D eigenvalue weighted by Gasteiger charge is 2.18. The molecule has 1 aromatic carbocycles. The molecule has 27 heavy (non-hydrogen) atoms. The van der Waals surface area contributed by atoms with Gasteiger partial charge in [0.25, 0.3) is 5.91 Å². The Labute approximate surface area is 163 Å². The summed E-state index contributed by atoms with van der Waals surface area (Å²) in [6.45, 7) is 1.84. The van der Waals surface area contributed by atoms with Crippen LogP contribution in [-0.2, 0) is 4.79 Å². The molecule has 0 spiro atoms. The average Bonchev–Trinajstić information content (AvgIpc) is 3.08. The number of hydrogen-bond donors (Lipinski definition) is 2. The molecule has 2 amide bonds. The Hall–Kier alpha value is -2.53. The molecule has 1 aliphatic rings. The molecule has 1 fully saturated rings. The lowest BCUT2D eigenvalue weighted by molar-refractivity contribution is -0.111. The summed E-state index contributed by atoms with van der Waals surface area (Å²) in [6, 6.07) is 8.70. The number of nitrogens with one attached hydrogen (secondary N) is 2. The van der Waals surface area contributed by atoms with Crippen molar-refractivity contribution in [3.63, 3.8) is 0 Å². The van der Waals surface area contributed by atoms with Crippen LogP contribution >= 0.6 is 11.6 Å². The van der Waals surface area contributed by atoms with Crippen molar-refractivity contribution in [1.29, 1.82) is 0 Å². The number of benzene rings is 1. The summed E-state index contributed by atoms with van der Waals surface area (Å²) in [5.41, 5.74) is 0.879. The van der Waals surface area contributed by atoms with Crippen LogP contribution in [0.2, 0.25) is 5.02 Å². The van der Waals surface area contributed by atoms with Gasteiger partial charge in [-0.3, -0.25) is 9.59 Å². The highest BCUT2D eigenvalue weighted by atomic mass is 35.5. The molecular formula is C21H23ClN2O3. The lowest BCUT2D eigenvalue weighted by Crippen LogP contribution is -2.36. The van der Waals surface area contributed by atoms with E-state index in [0.29, 0.717) is 22.0 Å². The Balaban J connectivity index is 1.64. The minimum absolute atomic E-state index is 0.195. The van der Waals surface area contributed by atoms with Gasteiger partial charge < -0.3 is 15.1 Å². The molecule has 0 atom stereocenters. The average molecular weight is 387 g/mol. The molecule has 1 heterocycles. The van der Waals surface area contributed by atoms with Crippen LogP contribution in [0.1, 0.15) is 54.0 Å². The quantitative estimate of drug-likeness (QED) is 0.713. The molecule has 0 saturated heterocycles. The molecule has 0 unspecified atom stereocenters. The standard InChI is InChI=1S/C21H23ClN2O3/c1-14-7-9-17(27-14)10-12-20(25)23-16-8-11-19(22)18(13-16)21(26)24-15-5-3-2-4-6-15/h7-13,15H,2-6H2,1H3,(H,23,25)(H,24,26)/b12-10+. The van der Waals surface area contributed by atoms with E-state index < -0.39 is 0 Å². The Bertz CT molecular complexity index is 851. The van der Waals surface area contributed by atoms with E-state index in [1.807, 2.05) is 13.0 Å². The van der Waals surface area contributed by atoms with Crippen molar-refractivity contribution in [1.82, 2.24) is 5.32 Å². The van der Waals surface area contributed by atoms with Crippen LogP contribution < -0.4 is 10.6 Å². The Morgan fingerprint density at radius 2 is 1.93 bits per heavy atom. The van der Waals surface area contributed by atoms with Crippen molar-refractivity contribution in [2.45, 2.75) is 45.1 Å². The smallest absolute Gasteiger partial charge is 0.253 e. The second-order valence-corrected chi connectivity index (χ2v) is 7.18. The number of aryl methyl sites for hydroxylation is 1. The number of hydrogen-bond acceptors (Lipinski definition) is 3. The van der Waals surface area contributed by atoms with E-state index in [4.69, 9.17) is 16.0 Å². The predicted octanol–water partition coefficient (Wildman–Crippen LogP) is 4.96. The third-order valence-corrected chi connectivity index (χ3v) is 4.91. The van der Waals surface area contributed by atoms with Gasteiger partial charge in [-0.15, -0.1) is 0 Å². The van der Waals surface area contributed by atoms with Gasteiger partial charge in [-0.2, -0.15) is 0 Å². The molecule has 2 N–H and O–H groups in total. The number of carbonyl (C=O) groups excluding carboxylic acids is 2. The summed E-state index contributed by atoms with van der Waals surface area (Å²) in [6.07, 6.45) is 8.46. The molecule has 142 valence electrons. The van der Waals surface area contributed by atoms with Gasteiger partial charge in [0, 0.05) is 17.8 Å². The van der Waals surface area contributed by atoms with Crippen molar-refractivity contribution >= 4 is 35.2 Å². The zero-order valence-electron chi connectivity index (χ0n) is 15.3.